The first-order valence-electron chi connectivity index (χ1n) is 5.85. The Morgan fingerprint density at radius 2 is 1.95 bits per heavy atom. The van der Waals surface area contributed by atoms with Crippen LogP contribution in [0.25, 0.3) is 0 Å². The van der Waals surface area contributed by atoms with Crippen LogP contribution in [0.1, 0.15) is 0 Å². The molecule has 1 aromatic rings. The second-order valence-electron chi connectivity index (χ2n) is 3.77. The number of rotatable bonds is 7. The predicted octanol–water partition coefficient (Wildman–Crippen LogP) is 0.598. The SMILES string of the molecule is C=CCN(CC(=O)O)C(=O)Nc1nc(OC)cc(OC)n1. The van der Waals surface area contributed by atoms with E-state index in [1.165, 1.54) is 26.4 Å². The summed E-state index contributed by atoms with van der Waals surface area (Å²) in [5, 5.41) is 11.1. The van der Waals surface area contributed by atoms with E-state index < -0.39 is 18.5 Å². The van der Waals surface area contributed by atoms with Crippen molar-refractivity contribution >= 4 is 17.9 Å². The van der Waals surface area contributed by atoms with Crippen LogP contribution < -0.4 is 14.8 Å². The lowest BCUT2D eigenvalue weighted by Crippen LogP contribution is -2.39. The van der Waals surface area contributed by atoms with Crippen LogP contribution in [0.15, 0.2) is 18.7 Å². The fraction of sp³-hybridized carbons (Fsp3) is 0.333. The molecule has 21 heavy (non-hydrogen) atoms. The minimum atomic E-state index is -1.14. The quantitative estimate of drug-likeness (QED) is 0.708. The molecular formula is C12H16N4O5. The maximum absolute atomic E-state index is 12.0. The molecule has 114 valence electrons. The Morgan fingerprint density at radius 3 is 2.38 bits per heavy atom. The molecule has 1 aromatic heterocycles. The van der Waals surface area contributed by atoms with Crippen molar-refractivity contribution < 1.29 is 24.2 Å². The highest BCUT2D eigenvalue weighted by Gasteiger charge is 2.17. The summed E-state index contributed by atoms with van der Waals surface area (Å²) >= 11 is 0. The van der Waals surface area contributed by atoms with Crippen LogP contribution in [0.2, 0.25) is 0 Å². The zero-order valence-electron chi connectivity index (χ0n) is 11.7. The van der Waals surface area contributed by atoms with Gasteiger partial charge in [0.1, 0.15) is 6.54 Å². The summed E-state index contributed by atoms with van der Waals surface area (Å²) in [7, 11) is 2.81. The van der Waals surface area contributed by atoms with E-state index in [1.807, 2.05) is 0 Å². The summed E-state index contributed by atoms with van der Waals surface area (Å²) in [6, 6.07) is 0.765. The number of amides is 2. The van der Waals surface area contributed by atoms with E-state index in [-0.39, 0.29) is 24.3 Å². The average Bonchev–Trinajstić information content (AvgIpc) is 2.45. The Morgan fingerprint density at radius 1 is 1.38 bits per heavy atom. The molecule has 0 radical (unpaired) electrons. The van der Waals surface area contributed by atoms with Gasteiger partial charge in [-0.2, -0.15) is 9.97 Å². The Bertz CT molecular complexity index is 512. The Labute approximate surface area is 121 Å². The number of carboxylic acid groups (broad SMARTS) is 1. The van der Waals surface area contributed by atoms with Crippen molar-refractivity contribution in [1.29, 1.82) is 0 Å². The first-order valence-corrected chi connectivity index (χ1v) is 5.85. The van der Waals surface area contributed by atoms with Crippen LogP contribution in [-0.4, -0.2) is 59.3 Å². The van der Waals surface area contributed by atoms with Gasteiger partial charge in [0.15, 0.2) is 0 Å². The van der Waals surface area contributed by atoms with Crippen molar-refractivity contribution in [1.82, 2.24) is 14.9 Å². The topological polar surface area (TPSA) is 114 Å². The van der Waals surface area contributed by atoms with Crippen LogP contribution in [0.4, 0.5) is 10.7 Å². The van der Waals surface area contributed by atoms with Crippen LogP contribution in [0.3, 0.4) is 0 Å². The minimum Gasteiger partial charge on any atom is -0.481 e. The van der Waals surface area contributed by atoms with E-state index in [0.29, 0.717) is 0 Å². The number of nitrogens with zero attached hydrogens (tertiary/aromatic N) is 3. The molecule has 0 aliphatic heterocycles. The van der Waals surface area contributed by atoms with Gasteiger partial charge in [-0.25, -0.2) is 4.79 Å². The highest BCUT2D eigenvalue weighted by atomic mass is 16.5. The van der Waals surface area contributed by atoms with Crippen LogP contribution in [0.5, 0.6) is 11.8 Å². The summed E-state index contributed by atoms with van der Waals surface area (Å²) in [6.07, 6.45) is 1.41. The van der Waals surface area contributed by atoms with E-state index in [2.05, 4.69) is 21.9 Å². The van der Waals surface area contributed by atoms with E-state index >= 15 is 0 Å². The zero-order chi connectivity index (χ0) is 15.8. The third-order valence-electron chi connectivity index (χ3n) is 2.28. The lowest BCUT2D eigenvalue weighted by molar-refractivity contribution is -0.137. The normalized spacial score (nSPS) is 9.62. The number of nitrogens with one attached hydrogen (secondary N) is 1. The van der Waals surface area contributed by atoms with Crippen molar-refractivity contribution in [3.05, 3.63) is 18.7 Å². The van der Waals surface area contributed by atoms with Gasteiger partial charge in [0.2, 0.25) is 17.7 Å². The van der Waals surface area contributed by atoms with E-state index in [0.717, 1.165) is 4.90 Å². The number of ether oxygens (including phenoxy) is 2. The van der Waals surface area contributed by atoms with Gasteiger partial charge in [0.25, 0.3) is 0 Å². The second kappa shape index (κ2) is 7.68. The lowest BCUT2D eigenvalue weighted by atomic mass is 10.5. The number of urea groups is 1. The number of anilines is 1. The van der Waals surface area contributed by atoms with Gasteiger partial charge in [0.05, 0.1) is 20.3 Å². The molecule has 0 atom stereocenters. The highest BCUT2D eigenvalue weighted by molar-refractivity contribution is 5.90. The monoisotopic (exact) mass is 296 g/mol. The number of carboxylic acids is 1. The van der Waals surface area contributed by atoms with Gasteiger partial charge in [-0.15, -0.1) is 6.58 Å². The predicted molar refractivity (Wildman–Crippen MR) is 73.6 cm³/mol. The number of aromatic nitrogens is 2. The van der Waals surface area contributed by atoms with Crippen molar-refractivity contribution in [2.45, 2.75) is 0 Å². The highest BCUT2D eigenvalue weighted by Crippen LogP contribution is 2.17. The van der Waals surface area contributed by atoms with E-state index in [4.69, 9.17) is 14.6 Å². The maximum atomic E-state index is 12.0. The van der Waals surface area contributed by atoms with Crippen LogP contribution in [-0.2, 0) is 4.79 Å². The molecule has 2 N–H and O–H groups in total. The summed E-state index contributed by atoms with van der Waals surface area (Å²) in [5.74, 6) is -0.803. The van der Waals surface area contributed by atoms with Crippen molar-refractivity contribution in [2.24, 2.45) is 0 Å². The largest absolute Gasteiger partial charge is 0.481 e. The van der Waals surface area contributed by atoms with E-state index in [1.54, 1.807) is 0 Å². The summed E-state index contributed by atoms with van der Waals surface area (Å²) in [6.45, 7) is 3.06. The third kappa shape index (κ3) is 4.97. The van der Waals surface area contributed by atoms with Gasteiger partial charge in [-0.1, -0.05) is 6.08 Å². The van der Waals surface area contributed by atoms with Gasteiger partial charge in [-0.3, -0.25) is 10.1 Å². The molecule has 2 amide bonds. The second-order valence-corrected chi connectivity index (χ2v) is 3.77. The minimum absolute atomic E-state index is 0.0596. The molecule has 0 unspecified atom stereocenters. The van der Waals surface area contributed by atoms with Crippen LogP contribution >= 0.6 is 0 Å². The molecule has 0 saturated carbocycles. The molecule has 0 bridgehead atoms. The zero-order valence-corrected chi connectivity index (χ0v) is 11.7. The number of methoxy groups -OCH3 is 2. The summed E-state index contributed by atoms with van der Waals surface area (Å²) in [4.78, 5) is 31.6. The Kier molecular flexibility index (Phi) is 5.93. The Balaban J connectivity index is 2.89. The first-order chi connectivity index (χ1) is 9.99. The fourth-order valence-corrected chi connectivity index (χ4v) is 1.38. The molecule has 1 rings (SSSR count). The summed E-state index contributed by atoms with van der Waals surface area (Å²) < 4.78 is 9.89. The molecule has 0 saturated heterocycles. The van der Waals surface area contributed by atoms with Crippen molar-refractivity contribution in [3.63, 3.8) is 0 Å². The van der Waals surface area contributed by atoms with E-state index in [9.17, 15) is 9.59 Å². The lowest BCUT2D eigenvalue weighted by Gasteiger charge is -2.18. The third-order valence-corrected chi connectivity index (χ3v) is 2.28. The molecule has 0 spiro atoms. The number of carbonyl (C=O) groups excluding carboxylic acids is 1. The van der Waals surface area contributed by atoms with Crippen molar-refractivity contribution in [3.8, 4) is 11.8 Å². The maximum Gasteiger partial charge on any atom is 0.325 e. The molecule has 0 aromatic carbocycles. The van der Waals surface area contributed by atoms with Gasteiger partial charge < -0.3 is 19.5 Å². The smallest absolute Gasteiger partial charge is 0.325 e. The number of hydrogen-bond acceptors (Lipinski definition) is 6. The molecular weight excluding hydrogens is 280 g/mol. The Hall–Kier alpha value is -2.84. The average molecular weight is 296 g/mol. The number of carbonyl (C=O) groups is 2. The van der Waals surface area contributed by atoms with Crippen molar-refractivity contribution in [2.75, 3.05) is 32.6 Å². The molecule has 0 aliphatic rings. The molecule has 1 heterocycles. The number of hydrogen-bond donors (Lipinski definition) is 2. The molecule has 9 nitrogen and oxygen atoms in total. The molecule has 0 aliphatic carbocycles. The summed E-state index contributed by atoms with van der Waals surface area (Å²) in [5.41, 5.74) is 0. The molecule has 0 fully saturated rings. The van der Waals surface area contributed by atoms with Crippen LogP contribution in [0, 0.1) is 0 Å². The van der Waals surface area contributed by atoms with Gasteiger partial charge >= 0.3 is 12.0 Å². The van der Waals surface area contributed by atoms with Gasteiger partial charge in [-0.05, 0) is 0 Å². The number of aliphatic carboxylic acids is 1. The molecule has 9 heteroatoms. The fourth-order valence-electron chi connectivity index (χ4n) is 1.38. The first kappa shape index (κ1) is 16.2. The standard InChI is InChI=1S/C12H16N4O5/c1-4-5-16(7-10(17)18)12(19)15-11-13-8(20-2)6-9(14-11)21-3/h4,6H,1,5,7H2,2-3H3,(H,17,18)(H,13,14,15,19). The van der Waals surface area contributed by atoms with Gasteiger partial charge in [0, 0.05) is 6.54 Å².